The predicted octanol–water partition coefficient (Wildman–Crippen LogP) is 2.90. The van der Waals surface area contributed by atoms with Crippen molar-refractivity contribution in [2.45, 2.75) is 13.5 Å². The van der Waals surface area contributed by atoms with Gasteiger partial charge in [-0.15, -0.1) is 0 Å². The number of nitrogens with one attached hydrogen (secondary N) is 1. The van der Waals surface area contributed by atoms with E-state index in [4.69, 9.17) is 10.6 Å². The summed E-state index contributed by atoms with van der Waals surface area (Å²) >= 11 is 0. The maximum atomic E-state index is 11.3. The van der Waals surface area contributed by atoms with Crippen molar-refractivity contribution < 1.29 is 9.53 Å². The first-order chi connectivity index (χ1) is 10.2. The minimum atomic E-state index is -0.305. The molecule has 0 aliphatic heterocycles. The fourth-order valence-electron chi connectivity index (χ4n) is 1.93. The number of carbonyl (C=O) groups excluding carboxylic acids is 1. The molecule has 2 rings (SSSR count). The summed E-state index contributed by atoms with van der Waals surface area (Å²) in [6, 6.07) is 15.0. The molecule has 0 radical (unpaired) electrons. The summed E-state index contributed by atoms with van der Waals surface area (Å²) in [6.07, 6.45) is 3.98. The van der Waals surface area contributed by atoms with Crippen LogP contribution in [0.25, 0.3) is 6.08 Å². The van der Waals surface area contributed by atoms with Crippen molar-refractivity contribution in [1.82, 2.24) is 5.43 Å². The minimum absolute atomic E-state index is 0.305. The fourth-order valence-corrected chi connectivity index (χ4v) is 1.93. The molecule has 2 aromatic carbocycles. The van der Waals surface area contributed by atoms with Gasteiger partial charge in [0.25, 0.3) is 5.91 Å². The lowest BCUT2D eigenvalue weighted by Crippen LogP contribution is -2.29. The number of benzene rings is 2. The third-order valence-corrected chi connectivity index (χ3v) is 3.01. The molecule has 0 aliphatic rings. The predicted molar refractivity (Wildman–Crippen MR) is 83.6 cm³/mol. The summed E-state index contributed by atoms with van der Waals surface area (Å²) < 4.78 is 5.83. The number of rotatable bonds is 5. The summed E-state index contributed by atoms with van der Waals surface area (Å²) in [4.78, 5) is 11.3. The lowest BCUT2D eigenvalue weighted by molar-refractivity contribution is 0.0953. The molecule has 108 valence electrons. The number of hydrogen-bond acceptors (Lipinski definition) is 3. The van der Waals surface area contributed by atoms with Crippen molar-refractivity contribution in [3.63, 3.8) is 0 Å². The maximum absolute atomic E-state index is 11.3. The van der Waals surface area contributed by atoms with Gasteiger partial charge in [0, 0.05) is 11.1 Å². The number of carbonyl (C=O) groups is 1. The monoisotopic (exact) mass is 282 g/mol. The first-order valence-corrected chi connectivity index (χ1v) is 6.69. The Balaban J connectivity index is 2.05. The number of ether oxygens (including phenoxy) is 1. The van der Waals surface area contributed by atoms with E-state index in [1.807, 2.05) is 55.5 Å². The van der Waals surface area contributed by atoms with Gasteiger partial charge in [0.05, 0.1) is 0 Å². The van der Waals surface area contributed by atoms with Crippen LogP contribution in [0.4, 0.5) is 0 Å². The molecule has 4 heteroatoms. The van der Waals surface area contributed by atoms with Gasteiger partial charge in [0.1, 0.15) is 12.4 Å². The molecule has 0 unspecified atom stereocenters. The van der Waals surface area contributed by atoms with E-state index in [-0.39, 0.29) is 5.91 Å². The highest BCUT2D eigenvalue weighted by Crippen LogP contribution is 2.20. The Kier molecular flexibility index (Phi) is 5.12. The van der Waals surface area contributed by atoms with Crippen LogP contribution in [0.2, 0.25) is 0 Å². The minimum Gasteiger partial charge on any atom is -0.488 e. The largest absolute Gasteiger partial charge is 0.488 e. The Morgan fingerprint density at radius 1 is 1.19 bits per heavy atom. The molecule has 0 aromatic heterocycles. The van der Waals surface area contributed by atoms with E-state index in [0.29, 0.717) is 12.2 Å². The number of hydrazine groups is 1. The summed E-state index contributed by atoms with van der Waals surface area (Å²) in [6.45, 7) is 2.41. The van der Waals surface area contributed by atoms with Gasteiger partial charge in [-0.1, -0.05) is 42.5 Å². The van der Waals surface area contributed by atoms with Crippen LogP contribution < -0.4 is 16.0 Å². The second-order valence-electron chi connectivity index (χ2n) is 4.50. The van der Waals surface area contributed by atoms with Crippen LogP contribution in [0.1, 0.15) is 28.4 Å². The zero-order chi connectivity index (χ0) is 15.1. The molecule has 0 bridgehead atoms. The van der Waals surface area contributed by atoms with Crippen LogP contribution in [0.3, 0.4) is 0 Å². The number of para-hydroxylation sites is 1. The standard InChI is InChI=1S/C17H18N2O2/c1-2-5-14-6-3-4-7-16(14)21-12-13-8-10-15(11-9-13)17(20)19-18/h2-11H,12,18H2,1H3,(H,19,20). The topological polar surface area (TPSA) is 64.3 Å². The molecular weight excluding hydrogens is 264 g/mol. The molecule has 0 atom stereocenters. The van der Waals surface area contributed by atoms with Crippen molar-refractivity contribution >= 4 is 12.0 Å². The number of nitrogens with two attached hydrogens (primary N) is 1. The van der Waals surface area contributed by atoms with Gasteiger partial charge in [-0.2, -0.15) is 0 Å². The molecule has 21 heavy (non-hydrogen) atoms. The molecule has 2 aromatic rings. The summed E-state index contributed by atoms with van der Waals surface area (Å²) in [7, 11) is 0. The van der Waals surface area contributed by atoms with E-state index in [1.54, 1.807) is 12.1 Å². The summed E-state index contributed by atoms with van der Waals surface area (Å²) in [5.74, 6) is 5.62. The second kappa shape index (κ2) is 7.26. The molecule has 0 saturated carbocycles. The van der Waals surface area contributed by atoms with E-state index in [1.165, 1.54) is 0 Å². The number of allylic oxidation sites excluding steroid dienone is 1. The van der Waals surface area contributed by atoms with Gasteiger partial charge in [0.15, 0.2) is 0 Å². The first kappa shape index (κ1) is 14.8. The molecule has 0 spiro atoms. The lowest BCUT2D eigenvalue weighted by Gasteiger charge is -2.09. The Labute approximate surface area is 124 Å². The van der Waals surface area contributed by atoms with Crippen LogP contribution >= 0.6 is 0 Å². The average Bonchev–Trinajstić information content (AvgIpc) is 2.54. The van der Waals surface area contributed by atoms with Crippen molar-refractivity contribution in [3.8, 4) is 5.75 Å². The molecule has 0 heterocycles. The third-order valence-electron chi connectivity index (χ3n) is 3.01. The van der Waals surface area contributed by atoms with Crippen LogP contribution in [0.15, 0.2) is 54.6 Å². The molecule has 0 saturated heterocycles. The highest BCUT2D eigenvalue weighted by molar-refractivity contribution is 5.93. The van der Waals surface area contributed by atoms with Crippen molar-refractivity contribution in [3.05, 3.63) is 71.3 Å². The van der Waals surface area contributed by atoms with E-state index >= 15 is 0 Å². The number of hydrogen-bond donors (Lipinski definition) is 2. The highest BCUT2D eigenvalue weighted by Gasteiger charge is 2.04. The van der Waals surface area contributed by atoms with Crippen molar-refractivity contribution in [1.29, 1.82) is 0 Å². The molecule has 1 amide bonds. The molecule has 0 aliphatic carbocycles. The fraction of sp³-hybridized carbons (Fsp3) is 0.118. The first-order valence-electron chi connectivity index (χ1n) is 6.69. The van der Waals surface area contributed by atoms with Gasteiger partial charge in [-0.25, -0.2) is 5.84 Å². The zero-order valence-electron chi connectivity index (χ0n) is 11.9. The van der Waals surface area contributed by atoms with Gasteiger partial charge in [-0.3, -0.25) is 10.2 Å². The molecule has 3 N–H and O–H groups in total. The smallest absolute Gasteiger partial charge is 0.265 e. The zero-order valence-corrected chi connectivity index (χ0v) is 11.9. The van der Waals surface area contributed by atoms with Crippen molar-refractivity contribution in [2.24, 2.45) is 5.84 Å². The Hall–Kier alpha value is -2.59. The van der Waals surface area contributed by atoms with E-state index in [9.17, 15) is 4.79 Å². The SMILES string of the molecule is CC=Cc1ccccc1OCc1ccc(C(=O)NN)cc1. The van der Waals surface area contributed by atoms with E-state index in [0.717, 1.165) is 16.9 Å². The second-order valence-corrected chi connectivity index (χ2v) is 4.50. The highest BCUT2D eigenvalue weighted by atomic mass is 16.5. The van der Waals surface area contributed by atoms with Crippen LogP contribution in [-0.4, -0.2) is 5.91 Å². The Morgan fingerprint density at radius 2 is 1.90 bits per heavy atom. The molecule has 4 nitrogen and oxygen atoms in total. The van der Waals surface area contributed by atoms with Crippen LogP contribution in [-0.2, 0) is 6.61 Å². The van der Waals surface area contributed by atoms with Gasteiger partial charge in [-0.05, 0) is 30.7 Å². The quantitative estimate of drug-likeness (QED) is 0.503. The normalized spacial score (nSPS) is 10.6. The number of amides is 1. The van der Waals surface area contributed by atoms with E-state index < -0.39 is 0 Å². The van der Waals surface area contributed by atoms with Crippen LogP contribution in [0.5, 0.6) is 5.75 Å². The average molecular weight is 282 g/mol. The Bertz CT molecular complexity index is 633. The van der Waals surface area contributed by atoms with Gasteiger partial charge >= 0.3 is 0 Å². The maximum Gasteiger partial charge on any atom is 0.265 e. The molecular formula is C17H18N2O2. The summed E-state index contributed by atoms with van der Waals surface area (Å²) in [5, 5.41) is 0. The van der Waals surface area contributed by atoms with Crippen LogP contribution in [0, 0.1) is 0 Å². The Morgan fingerprint density at radius 3 is 2.57 bits per heavy atom. The van der Waals surface area contributed by atoms with Gasteiger partial charge in [0.2, 0.25) is 0 Å². The summed E-state index contributed by atoms with van der Waals surface area (Å²) in [5.41, 5.74) is 4.65. The lowest BCUT2D eigenvalue weighted by atomic mass is 10.1. The van der Waals surface area contributed by atoms with Gasteiger partial charge < -0.3 is 4.74 Å². The third kappa shape index (κ3) is 3.94. The van der Waals surface area contributed by atoms with E-state index in [2.05, 4.69) is 5.43 Å². The van der Waals surface area contributed by atoms with Crippen molar-refractivity contribution in [2.75, 3.05) is 0 Å². The number of nitrogen functional groups attached to an aromatic ring is 1. The molecule has 0 fully saturated rings.